The Bertz CT molecular complexity index is 1290. The highest BCUT2D eigenvalue weighted by molar-refractivity contribution is 5.71. The minimum absolute atomic E-state index is 0.103. The number of ether oxygens (including phenoxy) is 3. The lowest BCUT2D eigenvalue weighted by Gasteiger charge is -2.18. The Labute approximate surface area is 447 Å². The molecule has 0 N–H and O–H groups in total. The van der Waals surface area contributed by atoms with Crippen LogP contribution in [0.1, 0.15) is 323 Å². The van der Waals surface area contributed by atoms with Gasteiger partial charge in [0.1, 0.15) is 13.2 Å². The number of carbonyl (C=O) groups excluding carboxylic acids is 3. The lowest BCUT2D eigenvalue weighted by atomic mass is 10.0. The van der Waals surface area contributed by atoms with Gasteiger partial charge in [0.25, 0.3) is 0 Å². The van der Waals surface area contributed by atoms with E-state index >= 15 is 0 Å². The quantitative estimate of drug-likeness (QED) is 0.0261. The molecule has 0 amide bonds. The molecule has 0 saturated heterocycles. The van der Waals surface area contributed by atoms with Gasteiger partial charge in [-0.15, -0.1) is 0 Å². The van der Waals surface area contributed by atoms with E-state index in [1.165, 1.54) is 193 Å². The summed E-state index contributed by atoms with van der Waals surface area (Å²) in [4.78, 5) is 38.0. The topological polar surface area (TPSA) is 78.9 Å². The van der Waals surface area contributed by atoms with Gasteiger partial charge in [0.05, 0.1) is 0 Å². The minimum Gasteiger partial charge on any atom is -0.462 e. The number of carbonyl (C=O) groups is 3. The predicted octanol–water partition coefficient (Wildman–Crippen LogP) is 21.2. The van der Waals surface area contributed by atoms with Crippen LogP contribution in [-0.4, -0.2) is 37.2 Å². The summed E-state index contributed by atoms with van der Waals surface area (Å²) >= 11 is 0. The van der Waals surface area contributed by atoms with E-state index in [4.69, 9.17) is 14.2 Å². The van der Waals surface area contributed by atoms with Crippen molar-refractivity contribution in [1.29, 1.82) is 0 Å². The molecule has 0 bridgehead atoms. The van der Waals surface area contributed by atoms with Gasteiger partial charge in [-0.2, -0.15) is 0 Å². The van der Waals surface area contributed by atoms with E-state index in [1.54, 1.807) is 0 Å². The fraction of sp³-hybridized carbons (Fsp3) is 0.803. The number of hydrogen-bond donors (Lipinski definition) is 0. The van der Waals surface area contributed by atoms with E-state index in [-0.39, 0.29) is 37.5 Å². The number of unbranched alkanes of at least 4 members (excludes halogenated alkanes) is 36. The molecule has 6 heteroatoms. The molecular formula is C66H118O6. The van der Waals surface area contributed by atoms with Crippen LogP contribution in [0.4, 0.5) is 0 Å². The van der Waals surface area contributed by atoms with Crippen molar-refractivity contribution in [3.8, 4) is 0 Å². The van der Waals surface area contributed by atoms with Gasteiger partial charge in [-0.05, 0) is 64.2 Å². The van der Waals surface area contributed by atoms with Crippen LogP contribution in [0.2, 0.25) is 0 Å². The Balaban J connectivity index is 4.07. The van der Waals surface area contributed by atoms with E-state index in [0.717, 1.165) is 83.5 Å². The first-order valence-electron chi connectivity index (χ1n) is 31.3. The molecular weight excluding hydrogens is 889 g/mol. The molecule has 0 aliphatic carbocycles. The summed E-state index contributed by atoms with van der Waals surface area (Å²) in [6.45, 7) is 6.42. The fourth-order valence-corrected chi connectivity index (χ4v) is 9.11. The van der Waals surface area contributed by atoms with Crippen molar-refractivity contribution in [2.24, 2.45) is 0 Å². The van der Waals surface area contributed by atoms with Gasteiger partial charge in [0, 0.05) is 19.3 Å². The highest BCUT2D eigenvalue weighted by Crippen LogP contribution is 2.18. The largest absolute Gasteiger partial charge is 0.462 e. The summed E-state index contributed by atoms with van der Waals surface area (Å²) in [6, 6.07) is 0. The Morgan fingerprint density at radius 1 is 0.292 bits per heavy atom. The first-order valence-corrected chi connectivity index (χ1v) is 31.3. The third kappa shape index (κ3) is 58.0. The molecule has 0 aromatic carbocycles. The summed E-state index contributed by atoms with van der Waals surface area (Å²) < 4.78 is 16.7. The Morgan fingerprint density at radius 3 is 0.958 bits per heavy atom. The van der Waals surface area contributed by atoms with Crippen LogP contribution in [0, 0.1) is 0 Å². The first kappa shape index (κ1) is 69.1. The third-order valence-corrected chi connectivity index (χ3v) is 13.8. The van der Waals surface area contributed by atoms with Crippen LogP contribution in [-0.2, 0) is 28.6 Å². The van der Waals surface area contributed by atoms with Gasteiger partial charge in [0.2, 0.25) is 0 Å². The summed E-state index contributed by atoms with van der Waals surface area (Å²) in [6.07, 6.45) is 77.2. The molecule has 1 atom stereocenters. The molecule has 0 radical (unpaired) electrons. The Morgan fingerprint density at radius 2 is 0.597 bits per heavy atom. The van der Waals surface area contributed by atoms with Gasteiger partial charge in [-0.25, -0.2) is 0 Å². The van der Waals surface area contributed by atoms with Crippen LogP contribution in [0.15, 0.2) is 60.8 Å². The van der Waals surface area contributed by atoms with E-state index < -0.39 is 6.10 Å². The second kappa shape index (κ2) is 60.7. The maximum Gasteiger partial charge on any atom is 0.306 e. The Hall–Kier alpha value is -2.89. The van der Waals surface area contributed by atoms with Crippen LogP contribution in [0.25, 0.3) is 0 Å². The summed E-state index contributed by atoms with van der Waals surface area (Å²) in [5.74, 6) is -0.986. The van der Waals surface area contributed by atoms with Crippen molar-refractivity contribution in [3.05, 3.63) is 60.8 Å². The van der Waals surface area contributed by atoms with Crippen molar-refractivity contribution in [3.63, 3.8) is 0 Å². The molecule has 0 aliphatic heterocycles. The zero-order chi connectivity index (χ0) is 52.2. The summed E-state index contributed by atoms with van der Waals surface area (Å²) in [5, 5.41) is 0. The molecule has 0 fully saturated rings. The van der Waals surface area contributed by atoms with Crippen LogP contribution >= 0.6 is 0 Å². The van der Waals surface area contributed by atoms with Crippen molar-refractivity contribution < 1.29 is 28.6 Å². The van der Waals surface area contributed by atoms with E-state index in [2.05, 4.69) is 69.4 Å². The maximum atomic E-state index is 12.8. The normalized spacial score (nSPS) is 12.4. The van der Waals surface area contributed by atoms with Crippen molar-refractivity contribution in [1.82, 2.24) is 0 Å². The molecule has 72 heavy (non-hydrogen) atoms. The maximum absolute atomic E-state index is 12.8. The highest BCUT2D eigenvalue weighted by Gasteiger charge is 2.19. The molecule has 0 rings (SSSR count). The SMILES string of the molecule is CC/C=C\C/C=C\C/C=C\C/C=C\CCC(=O)OC(COC(=O)CCCCCCC/C=C\CCC)COC(=O)CCCCCCCCCCCCCCCCCCCCCCCCCCCCCCCCC. The monoisotopic (exact) mass is 1010 g/mol. The van der Waals surface area contributed by atoms with E-state index in [0.29, 0.717) is 19.3 Å². The second-order valence-electron chi connectivity index (χ2n) is 20.9. The number of allylic oxidation sites excluding steroid dienone is 10. The number of esters is 3. The molecule has 0 aromatic rings. The fourth-order valence-electron chi connectivity index (χ4n) is 9.11. The molecule has 0 saturated carbocycles. The van der Waals surface area contributed by atoms with Crippen LogP contribution in [0.3, 0.4) is 0 Å². The standard InChI is InChI=1S/C66H118O6/c1-4-7-10-13-16-19-22-24-25-26-27-28-29-30-31-32-33-34-35-36-37-38-39-40-41-43-44-47-50-53-56-59-65(68)71-62-63(61-70-64(67)58-55-52-49-46-21-18-15-12-9-6-3)72-66(69)60-57-54-51-48-45-42-23-20-17-14-11-8-5-2/h8,11-12,15,17,20,42,45,51,54,63H,4-7,9-10,13-14,16,18-19,21-41,43-44,46-50,52-53,55-62H2,1-3H3/b11-8-,15-12-,20-17-,45-42-,54-51-. The highest BCUT2D eigenvalue weighted by atomic mass is 16.6. The molecule has 418 valence electrons. The van der Waals surface area contributed by atoms with E-state index in [1.807, 2.05) is 12.2 Å². The first-order chi connectivity index (χ1) is 35.5. The Kier molecular flexibility index (Phi) is 58.2. The minimum atomic E-state index is -0.813. The zero-order valence-electron chi connectivity index (χ0n) is 47.9. The van der Waals surface area contributed by atoms with E-state index in [9.17, 15) is 14.4 Å². The van der Waals surface area contributed by atoms with Gasteiger partial charge < -0.3 is 14.2 Å². The van der Waals surface area contributed by atoms with Crippen molar-refractivity contribution in [2.45, 2.75) is 329 Å². The van der Waals surface area contributed by atoms with Gasteiger partial charge in [0.15, 0.2) is 6.10 Å². The molecule has 0 spiro atoms. The smallest absolute Gasteiger partial charge is 0.306 e. The van der Waals surface area contributed by atoms with Crippen molar-refractivity contribution >= 4 is 17.9 Å². The van der Waals surface area contributed by atoms with Gasteiger partial charge >= 0.3 is 17.9 Å². The number of hydrogen-bond acceptors (Lipinski definition) is 6. The lowest BCUT2D eigenvalue weighted by molar-refractivity contribution is -0.166. The molecule has 0 aliphatic rings. The zero-order valence-corrected chi connectivity index (χ0v) is 47.9. The van der Waals surface area contributed by atoms with Crippen LogP contribution in [0.5, 0.6) is 0 Å². The number of rotatable bonds is 57. The molecule has 0 aromatic heterocycles. The molecule has 0 heterocycles. The second-order valence-corrected chi connectivity index (χ2v) is 20.9. The van der Waals surface area contributed by atoms with Crippen LogP contribution < -0.4 is 0 Å². The summed E-state index contributed by atoms with van der Waals surface area (Å²) in [7, 11) is 0. The average molecular weight is 1010 g/mol. The molecule has 6 nitrogen and oxygen atoms in total. The van der Waals surface area contributed by atoms with Gasteiger partial charge in [-0.3, -0.25) is 14.4 Å². The summed E-state index contributed by atoms with van der Waals surface area (Å²) in [5.41, 5.74) is 0. The average Bonchev–Trinajstić information content (AvgIpc) is 3.38. The van der Waals surface area contributed by atoms with Crippen molar-refractivity contribution in [2.75, 3.05) is 13.2 Å². The lowest BCUT2D eigenvalue weighted by Crippen LogP contribution is -2.30. The molecule has 1 unspecified atom stereocenters. The third-order valence-electron chi connectivity index (χ3n) is 13.8. The van der Waals surface area contributed by atoms with Gasteiger partial charge in [-0.1, -0.05) is 300 Å². The predicted molar refractivity (Wildman–Crippen MR) is 312 cm³/mol.